The zero-order chi connectivity index (χ0) is 15.4. The average Bonchev–Trinajstić information content (AvgIpc) is 2.24. The van der Waals surface area contributed by atoms with Gasteiger partial charge in [-0.1, -0.05) is 13.8 Å². The highest BCUT2D eigenvalue weighted by Gasteiger charge is 2.36. The van der Waals surface area contributed by atoms with Crippen molar-refractivity contribution < 1.29 is 34.1 Å². The van der Waals surface area contributed by atoms with Crippen molar-refractivity contribution in [3.05, 3.63) is 0 Å². The van der Waals surface area contributed by atoms with Crippen LogP contribution in [0.2, 0.25) is 0 Å². The zero-order valence-electron chi connectivity index (χ0n) is 11.3. The molecule has 0 bridgehead atoms. The van der Waals surface area contributed by atoms with E-state index in [9.17, 15) is 19.2 Å². The van der Waals surface area contributed by atoms with E-state index in [0.29, 0.717) is 0 Å². The highest BCUT2D eigenvalue weighted by molar-refractivity contribution is 5.92. The van der Waals surface area contributed by atoms with E-state index in [1.165, 1.54) is 27.7 Å². The van der Waals surface area contributed by atoms with Crippen LogP contribution >= 0.6 is 0 Å². The number of esters is 2. The third-order valence-electron chi connectivity index (χ3n) is 2.85. The first-order valence-corrected chi connectivity index (χ1v) is 5.69. The van der Waals surface area contributed by atoms with E-state index in [2.05, 4.69) is 4.74 Å². The molecule has 2 atom stereocenters. The molecule has 0 aromatic heterocycles. The lowest BCUT2D eigenvalue weighted by atomic mass is 9.89. The van der Waals surface area contributed by atoms with Gasteiger partial charge in [-0.25, -0.2) is 0 Å². The van der Waals surface area contributed by atoms with Gasteiger partial charge in [0.25, 0.3) is 0 Å². The molecule has 7 nitrogen and oxygen atoms in total. The fourth-order valence-electron chi connectivity index (χ4n) is 1.19. The zero-order valence-corrected chi connectivity index (χ0v) is 11.3. The first-order valence-electron chi connectivity index (χ1n) is 5.69. The van der Waals surface area contributed by atoms with Gasteiger partial charge in [-0.15, -0.1) is 0 Å². The SMILES string of the molecule is CC(C(=O)O)C(C)C(=O)OC(=O)C(C)(C)CC(=O)O. The van der Waals surface area contributed by atoms with Gasteiger partial charge in [-0.05, 0) is 13.8 Å². The Labute approximate surface area is 110 Å². The van der Waals surface area contributed by atoms with Crippen molar-refractivity contribution in [3.8, 4) is 0 Å². The monoisotopic (exact) mass is 274 g/mol. The molecule has 0 aliphatic heterocycles. The Hall–Kier alpha value is -1.92. The summed E-state index contributed by atoms with van der Waals surface area (Å²) in [6.45, 7) is 5.32. The molecule has 108 valence electrons. The van der Waals surface area contributed by atoms with Crippen LogP contribution < -0.4 is 0 Å². The minimum atomic E-state index is -1.35. The first kappa shape index (κ1) is 17.1. The van der Waals surface area contributed by atoms with Gasteiger partial charge in [0.2, 0.25) is 0 Å². The molecular formula is C12H18O7. The molecule has 0 heterocycles. The third-order valence-corrected chi connectivity index (χ3v) is 2.85. The van der Waals surface area contributed by atoms with E-state index in [1.54, 1.807) is 0 Å². The second kappa shape index (κ2) is 6.31. The molecule has 0 saturated carbocycles. The molecule has 0 aromatic carbocycles. The van der Waals surface area contributed by atoms with Crippen molar-refractivity contribution in [2.45, 2.75) is 34.1 Å². The lowest BCUT2D eigenvalue weighted by molar-refractivity contribution is -0.173. The highest BCUT2D eigenvalue weighted by Crippen LogP contribution is 2.23. The van der Waals surface area contributed by atoms with Gasteiger partial charge in [-0.2, -0.15) is 0 Å². The quantitative estimate of drug-likeness (QED) is 0.546. The Morgan fingerprint density at radius 1 is 1.05 bits per heavy atom. The number of hydrogen-bond acceptors (Lipinski definition) is 5. The third kappa shape index (κ3) is 5.07. The molecule has 0 radical (unpaired) electrons. The minimum Gasteiger partial charge on any atom is -0.481 e. The Kier molecular flexibility index (Phi) is 5.67. The van der Waals surface area contributed by atoms with E-state index >= 15 is 0 Å². The minimum absolute atomic E-state index is 0.484. The fourth-order valence-corrected chi connectivity index (χ4v) is 1.19. The van der Waals surface area contributed by atoms with E-state index in [-0.39, 0.29) is 0 Å². The number of hydrogen-bond donors (Lipinski definition) is 2. The number of aliphatic carboxylic acids is 2. The summed E-state index contributed by atoms with van der Waals surface area (Å²) >= 11 is 0. The number of carboxylic acids is 2. The molecule has 0 rings (SSSR count). The molecule has 0 aliphatic rings. The predicted octanol–water partition coefficient (Wildman–Crippen LogP) is 0.914. The van der Waals surface area contributed by atoms with Crippen molar-refractivity contribution >= 4 is 23.9 Å². The number of carbonyl (C=O) groups excluding carboxylic acids is 2. The topological polar surface area (TPSA) is 118 Å². The maximum absolute atomic E-state index is 11.7. The summed E-state index contributed by atoms with van der Waals surface area (Å²) < 4.78 is 4.54. The molecule has 2 unspecified atom stereocenters. The number of carboxylic acid groups (broad SMARTS) is 2. The van der Waals surface area contributed by atoms with Crippen LogP contribution in [-0.2, 0) is 23.9 Å². The Morgan fingerprint density at radius 3 is 1.89 bits per heavy atom. The summed E-state index contributed by atoms with van der Waals surface area (Å²) in [7, 11) is 0. The van der Waals surface area contributed by atoms with Crippen LogP contribution in [0.15, 0.2) is 0 Å². The van der Waals surface area contributed by atoms with E-state index in [0.717, 1.165) is 0 Å². The van der Waals surface area contributed by atoms with Crippen LogP contribution in [-0.4, -0.2) is 34.1 Å². The standard InChI is InChI=1S/C12H18O7/c1-6(9(15)16)7(2)10(17)19-11(18)12(3,4)5-8(13)14/h6-7H,5H2,1-4H3,(H,13,14)(H,15,16). The fraction of sp³-hybridized carbons (Fsp3) is 0.667. The van der Waals surface area contributed by atoms with E-state index in [4.69, 9.17) is 10.2 Å². The summed E-state index contributed by atoms with van der Waals surface area (Å²) in [5.74, 6) is -6.32. The highest BCUT2D eigenvalue weighted by atomic mass is 16.6. The largest absolute Gasteiger partial charge is 0.481 e. The van der Waals surface area contributed by atoms with Gasteiger partial charge >= 0.3 is 23.9 Å². The van der Waals surface area contributed by atoms with Gasteiger partial charge in [0, 0.05) is 0 Å². The van der Waals surface area contributed by atoms with Crippen LogP contribution in [0, 0.1) is 17.3 Å². The van der Waals surface area contributed by atoms with Crippen LogP contribution in [0.25, 0.3) is 0 Å². The summed E-state index contributed by atoms with van der Waals surface area (Å²) in [4.78, 5) is 44.5. The van der Waals surface area contributed by atoms with Gasteiger partial charge in [0.15, 0.2) is 0 Å². The Balaban J connectivity index is 4.69. The first-order chi connectivity index (χ1) is 8.49. The second-order valence-corrected chi connectivity index (χ2v) is 5.08. The maximum atomic E-state index is 11.7. The molecule has 0 aromatic rings. The summed E-state index contributed by atoms with van der Waals surface area (Å²) in [6.07, 6.45) is -0.484. The molecule has 0 spiro atoms. The maximum Gasteiger partial charge on any atom is 0.319 e. The van der Waals surface area contributed by atoms with Crippen molar-refractivity contribution in [2.24, 2.45) is 17.3 Å². The Morgan fingerprint density at radius 2 is 1.53 bits per heavy atom. The number of carbonyl (C=O) groups is 4. The molecule has 0 fully saturated rings. The second-order valence-electron chi connectivity index (χ2n) is 5.08. The van der Waals surface area contributed by atoms with Crippen molar-refractivity contribution in [1.29, 1.82) is 0 Å². The van der Waals surface area contributed by atoms with Crippen molar-refractivity contribution in [3.63, 3.8) is 0 Å². The average molecular weight is 274 g/mol. The van der Waals surface area contributed by atoms with Gasteiger partial charge in [-0.3, -0.25) is 19.2 Å². The molecule has 7 heteroatoms. The lowest BCUT2D eigenvalue weighted by Gasteiger charge is -2.21. The van der Waals surface area contributed by atoms with E-state index < -0.39 is 47.5 Å². The van der Waals surface area contributed by atoms with Crippen LogP contribution in [0.5, 0.6) is 0 Å². The molecule has 2 N–H and O–H groups in total. The van der Waals surface area contributed by atoms with E-state index in [1.807, 2.05) is 0 Å². The van der Waals surface area contributed by atoms with Gasteiger partial charge < -0.3 is 14.9 Å². The molecule has 0 aliphatic carbocycles. The number of ether oxygens (including phenoxy) is 1. The van der Waals surface area contributed by atoms with Crippen LogP contribution in [0.4, 0.5) is 0 Å². The predicted molar refractivity (Wildman–Crippen MR) is 63.1 cm³/mol. The van der Waals surface area contributed by atoms with Gasteiger partial charge in [0.05, 0.1) is 23.7 Å². The van der Waals surface area contributed by atoms with Crippen molar-refractivity contribution in [2.75, 3.05) is 0 Å². The summed E-state index contributed by atoms with van der Waals surface area (Å²) in [6, 6.07) is 0. The smallest absolute Gasteiger partial charge is 0.319 e. The number of rotatable bonds is 6. The Bertz CT molecular complexity index is 397. The molecule has 0 saturated heterocycles. The van der Waals surface area contributed by atoms with Crippen LogP contribution in [0.3, 0.4) is 0 Å². The summed E-state index contributed by atoms with van der Waals surface area (Å²) in [5, 5.41) is 17.4. The lowest BCUT2D eigenvalue weighted by Crippen LogP contribution is -2.35. The van der Waals surface area contributed by atoms with Gasteiger partial charge in [0.1, 0.15) is 0 Å². The van der Waals surface area contributed by atoms with Crippen LogP contribution in [0.1, 0.15) is 34.1 Å². The molecule has 19 heavy (non-hydrogen) atoms. The normalized spacial score (nSPS) is 14.3. The molecular weight excluding hydrogens is 256 g/mol. The molecule has 0 amide bonds. The summed E-state index contributed by atoms with van der Waals surface area (Å²) in [5.41, 5.74) is -1.35. The van der Waals surface area contributed by atoms with Crippen molar-refractivity contribution in [1.82, 2.24) is 0 Å².